The molecule has 338 valence electrons. The molecule has 0 atom stereocenters. The normalized spacial score (nSPS) is 11.3. The predicted molar refractivity (Wildman–Crippen MR) is 306 cm³/mol. The average Bonchev–Trinajstić information content (AvgIpc) is 3.80. The number of hydrogen-bond acceptors (Lipinski definition) is 1. The van der Waals surface area contributed by atoms with Crippen LogP contribution < -0.4 is 4.90 Å². The second-order valence-electron chi connectivity index (χ2n) is 18.4. The highest BCUT2D eigenvalue weighted by molar-refractivity contribution is 6.11. The SMILES string of the molecule is c1ccc(-c2ccccc2-c2c(-c3ccccc3)cccc2-c2ccccc2N(c2cccc(-c3ccc4ccccc4c3)c2)c2cccc(-c3ccc4c(c3)c3ccccc3n4-c3ccccc3)c2)cc1. The summed E-state index contributed by atoms with van der Waals surface area (Å²) in [5.74, 6) is 0. The van der Waals surface area contributed by atoms with E-state index >= 15 is 0 Å². The van der Waals surface area contributed by atoms with Gasteiger partial charge in [-0.2, -0.15) is 0 Å². The molecule has 2 nitrogen and oxygen atoms in total. The summed E-state index contributed by atoms with van der Waals surface area (Å²) in [5, 5.41) is 4.91. The van der Waals surface area contributed by atoms with Crippen LogP contribution in [0.2, 0.25) is 0 Å². The Labute approximate surface area is 420 Å². The molecule has 0 aliphatic heterocycles. The first kappa shape index (κ1) is 42.6. The summed E-state index contributed by atoms with van der Waals surface area (Å²) in [7, 11) is 0. The second-order valence-corrected chi connectivity index (χ2v) is 18.4. The molecular weight excluding hydrogens is 869 g/mol. The fraction of sp³-hybridized carbons (Fsp3) is 0. The van der Waals surface area contributed by atoms with Gasteiger partial charge in [0.05, 0.1) is 16.7 Å². The highest BCUT2D eigenvalue weighted by atomic mass is 15.1. The average molecular weight is 917 g/mol. The monoisotopic (exact) mass is 916 g/mol. The zero-order chi connectivity index (χ0) is 47.8. The maximum absolute atomic E-state index is 2.46. The Morgan fingerprint density at radius 3 is 1.47 bits per heavy atom. The Balaban J connectivity index is 1.03. The Hall–Kier alpha value is -9.50. The smallest absolute Gasteiger partial charge is 0.0541 e. The van der Waals surface area contributed by atoms with Crippen LogP contribution in [0.1, 0.15) is 0 Å². The van der Waals surface area contributed by atoms with Gasteiger partial charge in [0, 0.05) is 33.4 Å². The summed E-state index contributed by atoms with van der Waals surface area (Å²) < 4.78 is 2.38. The van der Waals surface area contributed by atoms with Crippen molar-refractivity contribution in [1.82, 2.24) is 4.57 Å². The number of rotatable bonds is 10. The highest BCUT2D eigenvalue weighted by Gasteiger charge is 2.24. The van der Waals surface area contributed by atoms with E-state index in [1.165, 1.54) is 71.5 Å². The third kappa shape index (κ3) is 7.73. The van der Waals surface area contributed by atoms with Crippen LogP contribution in [-0.4, -0.2) is 4.57 Å². The summed E-state index contributed by atoms with van der Waals surface area (Å²) >= 11 is 0. The molecule has 13 rings (SSSR count). The van der Waals surface area contributed by atoms with Crippen LogP contribution >= 0.6 is 0 Å². The molecule has 0 radical (unpaired) electrons. The van der Waals surface area contributed by atoms with Crippen LogP contribution in [0.25, 0.3) is 105 Å². The maximum atomic E-state index is 2.46. The molecule has 1 aromatic heterocycles. The number of aromatic nitrogens is 1. The van der Waals surface area contributed by atoms with Crippen molar-refractivity contribution in [3.8, 4) is 72.4 Å². The van der Waals surface area contributed by atoms with Gasteiger partial charge < -0.3 is 9.47 Å². The Bertz CT molecular complexity index is 4090. The molecule has 0 aliphatic carbocycles. The van der Waals surface area contributed by atoms with Crippen molar-refractivity contribution in [3.05, 3.63) is 291 Å². The van der Waals surface area contributed by atoms with Crippen LogP contribution in [0.3, 0.4) is 0 Å². The number of anilines is 3. The van der Waals surface area contributed by atoms with Crippen molar-refractivity contribution >= 4 is 49.6 Å². The molecule has 0 aliphatic rings. The summed E-state index contributed by atoms with van der Waals surface area (Å²) in [5.41, 5.74) is 20.8. The van der Waals surface area contributed by atoms with E-state index in [0.29, 0.717) is 0 Å². The molecular formula is C70H48N2. The number of para-hydroxylation sites is 3. The van der Waals surface area contributed by atoms with E-state index in [2.05, 4.69) is 301 Å². The van der Waals surface area contributed by atoms with Gasteiger partial charge >= 0.3 is 0 Å². The molecule has 0 N–H and O–H groups in total. The molecule has 2 heteroatoms. The summed E-state index contributed by atoms with van der Waals surface area (Å²) in [6.07, 6.45) is 0. The molecule has 0 bridgehead atoms. The molecule has 0 saturated heterocycles. The number of fused-ring (bicyclic) bond motifs is 4. The van der Waals surface area contributed by atoms with E-state index < -0.39 is 0 Å². The first-order chi connectivity index (χ1) is 35.7. The van der Waals surface area contributed by atoms with E-state index in [1.54, 1.807) is 0 Å². The lowest BCUT2D eigenvalue weighted by Gasteiger charge is -2.30. The number of benzene rings is 12. The lowest BCUT2D eigenvalue weighted by molar-refractivity contribution is 1.18. The minimum Gasteiger partial charge on any atom is -0.310 e. The van der Waals surface area contributed by atoms with Crippen LogP contribution in [0.15, 0.2) is 291 Å². The van der Waals surface area contributed by atoms with Gasteiger partial charge in [-0.05, 0) is 139 Å². The van der Waals surface area contributed by atoms with Crippen LogP contribution in [0.5, 0.6) is 0 Å². The second kappa shape index (κ2) is 18.4. The minimum atomic E-state index is 1.06. The van der Waals surface area contributed by atoms with E-state index in [9.17, 15) is 0 Å². The van der Waals surface area contributed by atoms with E-state index in [1.807, 2.05) is 0 Å². The van der Waals surface area contributed by atoms with Crippen molar-refractivity contribution in [1.29, 1.82) is 0 Å². The molecule has 1 heterocycles. The van der Waals surface area contributed by atoms with Crippen LogP contribution in [-0.2, 0) is 0 Å². The third-order valence-electron chi connectivity index (χ3n) is 14.2. The van der Waals surface area contributed by atoms with Crippen molar-refractivity contribution in [2.75, 3.05) is 4.90 Å². The topological polar surface area (TPSA) is 8.17 Å². The minimum absolute atomic E-state index is 1.06. The fourth-order valence-electron chi connectivity index (χ4n) is 10.8. The Kier molecular flexibility index (Phi) is 10.9. The lowest BCUT2D eigenvalue weighted by atomic mass is 9.84. The van der Waals surface area contributed by atoms with Gasteiger partial charge in [-0.15, -0.1) is 0 Å². The summed E-state index contributed by atoms with van der Waals surface area (Å²) in [4.78, 5) is 2.46. The van der Waals surface area contributed by atoms with Crippen molar-refractivity contribution in [2.24, 2.45) is 0 Å². The molecule has 0 spiro atoms. The number of hydrogen-bond donors (Lipinski definition) is 0. The first-order valence-electron chi connectivity index (χ1n) is 24.7. The molecule has 0 fully saturated rings. The molecule has 0 saturated carbocycles. The number of nitrogens with zero attached hydrogens (tertiary/aromatic N) is 2. The zero-order valence-corrected chi connectivity index (χ0v) is 39.6. The van der Waals surface area contributed by atoms with E-state index in [4.69, 9.17) is 0 Å². The van der Waals surface area contributed by atoms with Gasteiger partial charge in [0.1, 0.15) is 0 Å². The Morgan fingerprint density at radius 1 is 0.250 bits per heavy atom. The molecule has 13 aromatic rings. The standard InChI is InChI=1S/C70H48N2/c1-4-22-50(23-5-1)60-33-12-13-36-64(60)70-61(51-24-6-2-7-25-51)37-20-38-65(70)62-34-14-16-39-67(62)71(58-31-18-27-53(46-58)55-42-41-49-21-10-11-26-52(49)45-55)59-32-19-28-54(47-59)56-43-44-69-66(48-56)63-35-15-17-40-68(63)72(69)57-29-8-3-9-30-57/h1-48H. The molecule has 0 unspecified atom stereocenters. The van der Waals surface area contributed by atoms with Gasteiger partial charge in [-0.1, -0.05) is 224 Å². The molecule has 72 heavy (non-hydrogen) atoms. The van der Waals surface area contributed by atoms with Crippen molar-refractivity contribution < 1.29 is 0 Å². The third-order valence-corrected chi connectivity index (χ3v) is 14.2. The first-order valence-corrected chi connectivity index (χ1v) is 24.7. The van der Waals surface area contributed by atoms with Gasteiger partial charge in [0.15, 0.2) is 0 Å². The van der Waals surface area contributed by atoms with Crippen molar-refractivity contribution in [2.45, 2.75) is 0 Å². The predicted octanol–water partition coefficient (Wildman–Crippen LogP) is 19.4. The van der Waals surface area contributed by atoms with Crippen LogP contribution in [0, 0.1) is 0 Å². The fourth-order valence-corrected chi connectivity index (χ4v) is 10.8. The maximum Gasteiger partial charge on any atom is 0.0541 e. The highest BCUT2D eigenvalue weighted by Crippen LogP contribution is 2.49. The van der Waals surface area contributed by atoms with Gasteiger partial charge in [-0.3, -0.25) is 0 Å². The zero-order valence-electron chi connectivity index (χ0n) is 39.6. The molecule has 12 aromatic carbocycles. The quantitative estimate of drug-likeness (QED) is 0.133. The van der Waals surface area contributed by atoms with Gasteiger partial charge in [0.25, 0.3) is 0 Å². The van der Waals surface area contributed by atoms with Crippen molar-refractivity contribution in [3.63, 3.8) is 0 Å². The lowest BCUT2D eigenvalue weighted by Crippen LogP contribution is -2.11. The van der Waals surface area contributed by atoms with Gasteiger partial charge in [-0.25, -0.2) is 0 Å². The Morgan fingerprint density at radius 2 is 0.736 bits per heavy atom. The molecule has 0 amide bonds. The summed E-state index contributed by atoms with van der Waals surface area (Å²) in [6.45, 7) is 0. The largest absolute Gasteiger partial charge is 0.310 e. The van der Waals surface area contributed by atoms with Crippen LogP contribution in [0.4, 0.5) is 17.1 Å². The van der Waals surface area contributed by atoms with Gasteiger partial charge in [0.2, 0.25) is 0 Å². The van der Waals surface area contributed by atoms with E-state index in [0.717, 1.165) is 50.6 Å². The van der Waals surface area contributed by atoms with E-state index in [-0.39, 0.29) is 0 Å². The summed E-state index contributed by atoms with van der Waals surface area (Å²) in [6, 6.07) is 106.